The van der Waals surface area contributed by atoms with Gasteiger partial charge in [-0.15, -0.1) is 11.3 Å². The number of hydrogen-bond donors (Lipinski definition) is 0. The lowest BCUT2D eigenvalue weighted by Crippen LogP contribution is -2.37. The Balaban J connectivity index is 1.72. The van der Waals surface area contributed by atoms with Crippen molar-refractivity contribution in [1.29, 1.82) is 0 Å². The van der Waals surface area contributed by atoms with Gasteiger partial charge in [0.25, 0.3) is 0 Å². The number of imidazole rings is 1. The molecule has 0 saturated carbocycles. The summed E-state index contributed by atoms with van der Waals surface area (Å²) in [5.41, 5.74) is 5.06. The third-order valence-electron chi connectivity index (χ3n) is 5.64. The summed E-state index contributed by atoms with van der Waals surface area (Å²) in [5, 5.41) is 2.07. The van der Waals surface area contributed by atoms with Gasteiger partial charge in [0.15, 0.2) is 0 Å². The fourth-order valence-electron chi connectivity index (χ4n) is 4.06. The van der Waals surface area contributed by atoms with Crippen LogP contribution in [0.1, 0.15) is 35.7 Å². The zero-order valence-corrected chi connectivity index (χ0v) is 19.7. The summed E-state index contributed by atoms with van der Waals surface area (Å²) in [6.07, 6.45) is 1.56. The number of aryl methyl sites for hydroxylation is 2. The Morgan fingerprint density at radius 1 is 1.09 bits per heavy atom. The molecule has 0 N–H and O–H groups in total. The van der Waals surface area contributed by atoms with E-state index in [1.807, 2.05) is 43.3 Å². The van der Waals surface area contributed by atoms with E-state index in [0.29, 0.717) is 13.0 Å². The lowest BCUT2D eigenvalue weighted by atomic mass is 10.0. The van der Waals surface area contributed by atoms with Crippen LogP contribution in [0.25, 0.3) is 11.0 Å². The van der Waals surface area contributed by atoms with E-state index in [4.69, 9.17) is 9.72 Å². The topological polar surface area (TPSA) is 47.4 Å². The van der Waals surface area contributed by atoms with Crippen LogP contribution in [-0.4, -0.2) is 28.8 Å². The fraction of sp³-hybridized carbons (Fsp3) is 0.308. The van der Waals surface area contributed by atoms with Crippen molar-refractivity contribution in [1.82, 2.24) is 9.55 Å². The van der Waals surface area contributed by atoms with Crippen molar-refractivity contribution >= 4 is 34.0 Å². The highest BCUT2D eigenvalue weighted by Crippen LogP contribution is 2.27. The average molecular weight is 448 g/mol. The van der Waals surface area contributed by atoms with Crippen LogP contribution in [-0.2, 0) is 28.9 Å². The molecular weight excluding hydrogens is 418 g/mol. The first kappa shape index (κ1) is 22.2. The quantitative estimate of drug-likeness (QED) is 0.314. The molecule has 0 saturated heterocycles. The molecule has 2 aromatic heterocycles. The summed E-state index contributed by atoms with van der Waals surface area (Å²) in [5.74, 6) is 0.900. The van der Waals surface area contributed by atoms with Gasteiger partial charge in [0, 0.05) is 17.9 Å². The molecule has 5 nitrogen and oxygen atoms in total. The lowest BCUT2D eigenvalue weighted by Gasteiger charge is -2.27. The van der Waals surface area contributed by atoms with Crippen molar-refractivity contribution < 1.29 is 9.53 Å². The zero-order valence-electron chi connectivity index (χ0n) is 18.9. The molecule has 0 spiro atoms. The Kier molecular flexibility index (Phi) is 7.02. The Hall–Kier alpha value is -2.96. The van der Waals surface area contributed by atoms with Crippen molar-refractivity contribution in [3.8, 4) is 0 Å². The minimum absolute atomic E-state index is 0.00182. The molecule has 0 fully saturated rings. The Bertz CT molecular complexity index is 1200. The maximum Gasteiger partial charge on any atom is 0.248 e. The molecule has 0 bridgehead atoms. The normalized spacial score (nSPS) is 11.2. The van der Waals surface area contributed by atoms with Crippen LogP contribution in [0, 0.1) is 6.92 Å². The number of carbonyl (C=O) groups is 1. The van der Waals surface area contributed by atoms with Gasteiger partial charge in [-0.05, 0) is 55.0 Å². The summed E-state index contributed by atoms with van der Waals surface area (Å²) in [6, 6.07) is 18.4. The van der Waals surface area contributed by atoms with E-state index >= 15 is 0 Å². The van der Waals surface area contributed by atoms with E-state index in [1.165, 1.54) is 4.88 Å². The van der Waals surface area contributed by atoms with Gasteiger partial charge in [-0.1, -0.05) is 43.3 Å². The number of rotatable bonds is 9. The average Bonchev–Trinajstić information content (AvgIpc) is 3.43. The van der Waals surface area contributed by atoms with E-state index < -0.39 is 0 Å². The molecule has 4 rings (SSSR count). The molecule has 0 aliphatic carbocycles. The van der Waals surface area contributed by atoms with Gasteiger partial charge in [0.2, 0.25) is 5.91 Å². The molecule has 2 aromatic carbocycles. The molecule has 0 unspecified atom stereocenters. The smallest absolute Gasteiger partial charge is 0.248 e. The van der Waals surface area contributed by atoms with Gasteiger partial charge >= 0.3 is 0 Å². The predicted molar refractivity (Wildman–Crippen MR) is 131 cm³/mol. The second-order valence-electron chi connectivity index (χ2n) is 7.74. The minimum atomic E-state index is -0.00182. The molecule has 6 heteroatoms. The number of fused-ring (bicyclic) bond motifs is 1. The molecular formula is C26H29N3O2S. The van der Waals surface area contributed by atoms with Gasteiger partial charge in [0.05, 0.1) is 16.7 Å². The van der Waals surface area contributed by atoms with Crippen LogP contribution in [0.3, 0.4) is 0 Å². The van der Waals surface area contributed by atoms with Crippen molar-refractivity contribution in [2.75, 3.05) is 18.2 Å². The summed E-state index contributed by atoms with van der Waals surface area (Å²) >= 11 is 1.71. The number of hydrogen-bond acceptors (Lipinski definition) is 4. The fourth-order valence-corrected chi connectivity index (χ4v) is 4.76. The molecule has 0 aliphatic heterocycles. The van der Waals surface area contributed by atoms with E-state index in [-0.39, 0.29) is 19.2 Å². The van der Waals surface area contributed by atoms with Crippen molar-refractivity contribution in [3.63, 3.8) is 0 Å². The molecule has 0 radical (unpaired) electrons. The summed E-state index contributed by atoms with van der Waals surface area (Å²) in [4.78, 5) is 21.6. The molecule has 32 heavy (non-hydrogen) atoms. The molecule has 1 amide bonds. The van der Waals surface area contributed by atoms with E-state index in [0.717, 1.165) is 40.1 Å². The Morgan fingerprint density at radius 2 is 1.94 bits per heavy atom. The molecule has 4 aromatic rings. The van der Waals surface area contributed by atoms with Gasteiger partial charge in [-0.25, -0.2) is 4.98 Å². The first-order valence-electron chi connectivity index (χ1n) is 11.1. The summed E-state index contributed by atoms with van der Waals surface area (Å²) in [7, 11) is 0. The largest absolute Gasteiger partial charge is 0.361 e. The van der Waals surface area contributed by atoms with Crippen LogP contribution in [0.15, 0.2) is 60.0 Å². The van der Waals surface area contributed by atoms with Crippen LogP contribution in [0.4, 0.5) is 5.69 Å². The number of ether oxygens (including phenoxy) is 1. The molecule has 0 aliphatic rings. The van der Waals surface area contributed by atoms with Gasteiger partial charge < -0.3 is 9.30 Å². The number of carbonyl (C=O) groups excluding carboxylic acids is 1. The second-order valence-corrected chi connectivity index (χ2v) is 8.77. The highest BCUT2D eigenvalue weighted by Gasteiger charge is 2.23. The number of amides is 1. The van der Waals surface area contributed by atoms with Crippen molar-refractivity contribution in [3.05, 3.63) is 81.8 Å². The van der Waals surface area contributed by atoms with Gasteiger partial charge in [-0.3, -0.25) is 9.69 Å². The molecule has 166 valence electrons. The highest BCUT2D eigenvalue weighted by atomic mass is 32.1. The standard InChI is InChI=1S/C26H29N3O2S/c1-4-20-11-8-10-19(3)26(20)29(18-31-5-2)25(30)17-28-23-14-7-6-13-22(23)27-24(28)16-21-12-9-15-32-21/h6-15H,4-5,16-18H2,1-3H3. The van der Waals surface area contributed by atoms with E-state index in [1.54, 1.807) is 16.2 Å². The molecule has 0 atom stereocenters. The van der Waals surface area contributed by atoms with Crippen molar-refractivity contribution in [2.24, 2.45) is 0 Å². The monoisotopic (exact) mass is 447 g/mol. The number of para-hydroxylation sites is 3. The SMILES string of the molecule is CCOCN(C(=O)Cn1c(Cc2cccs2)nc2ccccc21)c1c(C)cccc1CC. The number of anilines is 1. The maximum atomic E-state index is 13.7. The first-order chi connectivity index (χ1) is 15.6. The van der Waals surface area contributed by atoms with Crippen LogP contribution < -0.4 is 4.90 Å². The van der Waals surface area contributed by atoms with Crippen LogP contribution in [0.5, 0.6) is 0 Å². The Labute approximate surface area is 193 Å². The van der Waals surface area contributed by atoms with Crippen LogP contribution >= 0.6 is 11.3 Å². The van der Waals surface area contributed by atoms with E-state index in [2.05, 4.69) is 42.0 Å². The first-order valence-corrected chi connectivity index (χ1v) is 11.9. The highest BCUT2D eigenvalue weighted by molar-refractivity contribution is 7.09. The number of thiophene rings is 1. The Morgan fingerprint density at radius 3 is 2.69 bits per heavy atom. The number of benzene rings is 2. The number of nitrogens with zero attached hydrogens (tertiary/aromatic N) is 3. The summed E-state index contributed by atoms with van der Waals surface area (Å²) < 4.78 is 7.79. The number of aromatic nitrogens is 2. The third kappa shape index (κ3) is 4.61. The lowest BCUT2D eigenvalue weighted by molar-refractivity contribution is -0.120. The molecule has 2 heterocycles. The van der Waals surface area contributed by atoms with E-state index in [9.17, 15) is 4.79 Å². The van der Waals surface area contributed by atoms with Crippen LogP contribution in [0.2, 0.25) is 0 Å². The predicted octanol–water partition coefficient (Wildman–Crippen LogP) is 5.59. The third-order valence-corrected chi connectivity index (χ3v) is 6.51. The maximum absolute atomic E-state index is 13.7. The van der Waals surface area contributed by atoms with Crippen molar-refractivity contribution in [2.45, 2.75) is 40.2 Å². The zero-order chi connectivity index (χ0) is 22.5. The van der Waals surface area contributed by atoms with Gasteiger partial charge in [-0.2, -0.15) is 0 Å². The minimum Gasteiger partial charge on any atom is -0.361 e. The summed E-state index contributed by atoms with van der Waals surface area (Å²) in [6.45, 7) is 7.12. The van der Waals surface area contributed by atoms with Gasteiger partial charge in [0.1, 0.15) is 19.1 Å². The second kappa shape index (κ2) is 10.1.